The molecule has 19 heavy (non-hydrogen) atoms. The first-order valence-electron chi connectivity index (χ1n) is 6.45. The van der Waals surface area contributed by atoms with Crippen LogP contribution in [0.5, 0.6) is 5.75 Å². The molecule has 1 heterocycles. The second-order valence-electron chi connectivity index (χ2n) is 4.90. The summed E-state index contributed by atoms with van der Waals surface area (Å²) >= 11 is 9.34. The van der Waals surface area contributed by atoms with Gasteiger partial charge < -0.3 is 10.0 Å². The highest BCUT2D eigenvalue weighted by atomic mass is 79.9. The van der Waals surface area contributed by atoms with Crippen molar-refractivity contribution < 1.29 is 9.90 Å². The van der Waals surface area contributed by atoms with Crippen LogP contribution >= 0.6 is 27.5 Å². The molecule has 1 aromatic carbocycles. The first-order valence-corrected chi connectivity index (χ1v) is 7.95. The van der Waals surface area contributed by atoms with Crippen molar-refractivity contribution in [2.24, 2.45) is 5.92 Å². The number of halogens is 2. The number of hydrogen-bond donors (Lipinski definition) is 1. The van der Waals surface area contributed by atoms with Gasteiger partial charge in [0, 0.05) is 23.4 Å². The van der Waals surface area contributed by atoms with Gasteiger partial charge >= 0.3 is 0 Å². The average molecular weight is 347 g/mol. The van der Waals surface area contributed by atoms with Crippen LogP contribution in [0, 0.1) is 5.92 Å². The van der Waals surface area contributed by atoms with Crippen molar-refractivity contribution in [3.63, 3.8) is 0 Å². The van der Waals surface area contributed by atoms with E-state index < -0.39 is 0 Å². The minimum absolute atomic E-state index is 0.00276. The molecule has 1 amide bonds. The normalized spacial score (nSPS) is 19.5. The maximum absolute atomic E-state index is 12.4. The molecule has 1 saturated heterocycles. The maximum atomic E-state index is 12.4. The van der Waals surface area contributed by atoms with Gasteiger partial charge in [0.15, 0.2) is 0 Å². The van der Waals surface area contributed by atoms with Crippen molar-refractivity contribution in [2.45, 2.75) is 19.3 Å². The molecule has 2 rings (SSSR count). The molecule has 1 aliphatic heterocycles. The van der Waals surface area contributed by atoms with Gasteiger partial charge in [-0.1, -0.05) is 27.5 Å². The third-order valence-corrected chi connectivity index (χ3v) is 4.21. The van der Waals surface area contributed by atoms with Crippen molar-refractivity contribution in [1.82, 2.24) is 4.90 Å². The summed E-state index contributed by atoms with van der Waals surface area (Å²) in [4.78, 5) is 14.2. The highest BCUT2D eigenvalue weighted by Crippen LogP contribution is 2.26. The zero-order valence-corrected chi connectivity index (χ0v) is 13.0. The summed E-state index contributed by atoms with van der Waals surface area (Å²) in [7, 11) is 0. The number of aromatic hydroxyl groups is 1. The second kappa shape index (κ2) is 6.62. The molecule has 1 atom stereocenters. The van der Waals surface area contributed by atoms with E-state index in [2.05, 4.69) is 15.9 Å². The Labute approximate surface area is 126 Å². The molecular formula is C14H17BrClNO2. The van der Waals surface area contributed by atoms with E-state index in [4.69, 9.17) is 11.6 Å². The number of nitrogens with zero attached hydrogens (tertiary/aromatic N) is 1. The van der Waals surface area contributed by atoms with Crippen LogP contribution in [-0.4, -0.2) is 34.3 Å². The molecule has 1 aromatic rings. The fourth-order valence-electron chi connectivity index (χ4n) is 2.49. The van der Waals surface area contributed by atoms with Crippen molar-refractivity contribution in [2.75, 3.05) is 18.4 Å². The van der Waals surface area contributed by atoms with Crippen LogP contribution in [0.4, 0.5) is 0 Å². The molecule has 0 radical (unpaired) electrons. The zero-order valence-electron chi connectivity index (χ0n) is 10.6. The Kier molecular flexibility index (Phi) is 5.11. The summed E-state index contributed by atoms with van der Waals surface area (Å²) in [6.45, 7) is 1.51. The van der Waals surface area contributed by atoms with Gasteiger partial charge in [-0.15, -0.1) is 0 Å². The topological polar surface area (TPSA) is 40.5 Å². The van der Waals surface area contributed by atoms with Crippen LogP contribution in [-0.2, 0) is 0 Å². The summed E-state index contributed by atoms with van der Waals surface area (Å²) < 4.78 is 0. The summed E-state index contributed by atoms with van der Waals surface area (Å²) in [6.07, 6.45) is 3.26. The second-order valence-corrected chi connectivity index (χ2v) is 6.13. The minimum Gasteiger partial charge on any atom is -0.507 e. The summed E-state index contributed by atoms with van der Waals surface area (Å²) in [5, 5.41) is 11.2. The smallest absolute Gasteiger partial charge is 0.257 e. The van der Waals surface area contributed by atoms with Crippen molar-refractivity contribution in [1.29, 1.82) is 0 Å². The Morgan fingerprint density at radius 1 is 1.53 bits per heavy atom. The first-order chi connectivity index (χ1) is 9.11. The first kappa shape index (κ1) is 14.7. The number of benzene rings is 1. The van der Waals surface area contributed by atoms with Crippen molar-refractivity contribution >= 4 is 33.4 Å². The third kappa shape index (κ3) is 3.63. The zero-order chi connectivity index (χ0) is 13.8. The molecule has 1 fully saturated rings. The fraction of sp³-hybridized carbons (Fsp3) is 0.500. The van der Waals surface area contributed by atoms with Crippen LogP contribution in [0.3, 0.4) is 0 Å². The monoisotopic (exact) mass is 345 g/mol. The highest BCUT2D eigenvalue weighted by molar-refractivity contribution is 9.09. The SMILES string of the molecule is O=C(c1cc(Cl)ccc1O)N1CCCC(CCBr)C1. The number of alkyl halides is 1. The highest BCUT2D eigenvalue weighted by Gasteiger charge is 2.25. The lowest BCUT2D eigenvalue weighted by atomic mass is 9.95. The molecular weight excluding hydrogens is 330 g/mol. The summed E-state index contributed by atoms with van der Waals surface area (Å²) in [5.74, 6) is 0.412. The van der Waals surface area contributed by atoms with E-state index in [-0.39, 0.29) is 11.7 Å². The molecule has 0 aromatic heterocycles. The quantitative estimate of drug-likeness (QED) is 0.848. The van der Waals surface area contributed by atoms with E-state index in [9.17, 15) is 9.90 Å². The lowest BCUT2D eigenvalue weighted by molar-refractivity contribution is 0.0669. The van der Waals surface area contributed by atoms with Gasteiger partial charge in [0.05, 0.1) is 5.56 Å². The number of phenolic OH excluding ortho intramolecular Hbond substituents is 1. The van der Waals surface area contributed by atoms with Gasteiger partial charge in [0.25, 0.3) is 5.91 Å². The Hall–Kier alpha value is -0.740. The molecule has 104 valence electrons. The number of amides is 1. The van der Waals surface area contributed by atoms with Crippen molar-refractivity contribution in [3.8, 4) is 5.75 Å². The predicted octanol–water partition coefficient (Wildman–Crippen LogP) is 3.68. The van der Waals surface area contributed by atoms with Gasteiger partial charge in [-0.05, 0) is 43.4 Å². The number of piperidine rings is 1. The molecule has 5 heteroatoms. The van der Waals surface area contributed by atoms with Gasteiger partial charge in [0.1, 0.15) is 5.75 Å². The van der Waals surface area contributed by atoms with E-state index in [1.165, 1.54) is 12.1 Å². The number of hydrogen-bond acceptors (Lipinski definition) is 2. The molecule has 1 unspecified atom stereocenters. The number of likely N-dealkylation sites (tertiary alicyclic amines) is 1. The van der Waals surface area contributed by atoms with E-state index in [0.29, 0.717) is 16.5 Å². The van der Waals surface area contributed by atoms with Gasteiger partial charge in [-0.25, -0.2) is 0 Å². The van der Waals surface area contributed by atoms with Gasteiger partial charge in [-0.3, -0.25) is 4.79 Å². The Balaban J connectivity index is 2.12. The summed E-state index contributed by atoms with van der Waals surface area (Å²) in [5.41, 5.74) is 0.298. The lowest BCUT2D eigenvalue weighted by Gasteiger charge is -2.32. The molecule has 0 aliphatic carbocycles. The Bertz CT molecular complexity index is 465. The van der Waals surface area contributed by atoms with Crippen molar-refractivity contribution in [3.05, 3.63) is 28.8 Å². The number of carbonyl (C=O) groups excluding carboxylic acids is 1. The number of rotatable bonds is 3. The number of carbonyl (C=O) groups is 1. The largest absolute Gasteiger partial charge is 0.507 e. The fourth-order valence-corrected chi connectivity index (χ4v) is 3.31. The maximum Gasteiger partial charge on any atom is 0.257 e. The van der Waals surface area contributed by atoms with Gasteiger partial charge in [-0.2, -0.15) is 0 Å². The van der Waals surface area contributed by atoms with Crippen LogP contribution < -0.4 is 0 Å². The predicted molar refractivity (Wildman–Crippen MR) is 80.2 cm³/mol. The lowest BCUT2D eigenvalue weighted by Crippen LogP contribution is -2.40. The molecule has 1 N–H and O–H groups in total. The molecule has 1 aliphatic rings. The Morgan fingerprint density at radius 2 is 2.32 bits per heavy atom. The average Bonchev–Trinajstić information content (AvgIpc) is 2.41. The van der Waals surface area contributed by atoms with Crippen LogP contribution in [0.2, 0.25) is 5.02 Å². The van der Waals surface area contributed by atoms with E-state index in [0.717, 1.165) is 37.7 Å². The van der Waals surface area contributed by atoms with Crippen LogP contribution in [0.25, 0.3) is 0 Å². The van der Waals surface area contributed by atoms with Crippen LogP contribution in [0.15, 0.2) is 18.2 Å². The molecule has 0 spiro atoms. The molecule has 0 saturated carbocycles. The molecule has 0 bridgehead atoms. The minimum atomic E-state index is -0.126. The number of phenols is 1. The third-order valence-electron chi connectivity index (χ3n) is 3.51. The van der Waals surface area contributed by atoms with E-state index in [1.807, 2.05) is 4.90 Å². The van der Waals surface area contributed by atoms with E-state index in [1.54, 1.807) is 6.07 Å². The standard InChI is InChI=1S/C14H17BrClNO2/c15-6-5-10-2-1-7-17(9-10)14(19)12-8-11(16)3-4-13(12)18/h3-4,8,10,18H,1-2,5-7,9H2. The molecule has 3 nitrogen and oxygen atoms in total. The van der Waals surface area contributed by atoms with E-state index >= 15 is 0 Å². The Morgan fingerprint density at radius 3 is 3.05 bits per heavy atom. The van der Waals surface area contributed by atoms with Gasteiger partial charge in [0.2, 0.25) is 0 Å². The summed E-state index contributed by atoms with van der Waals surface area (Å²) in [6, 6.07) is 4.58. The van der Waals surface area contributed by atoms with Crippen LogP contribution in [0.1, 0.15) is 29.6 Å².